The lowest BCUT2D eigenvalue weighted by molar-refractivity contribution is -0.142. The summed E-state index contributed by atoms with van der Waals surface area (Å²) in [6.45, 7) is 5.31. The molecule has 0 saturated carbocycles. The Balaban J connectivity index is 1.89. The van der Waals surface area contributed by atoms with E-state index in [9.17, 15) is 9.59 Å². The standard InChI is InChI=1S/C18H20ClN3O3/c1-11-7-12(2)9-14(8-11)20-16(23)10-25-17(24)6-5-15-13(3)21-22(4)18(15)19/h5-9H,10H2,1-4H3,(H,20,23)/b6-5+. The van der Waals surface area contributed by atoms with E-state index in [-0.39, 0.29) is 6.61 Å². The maximum atomic E-state index is 11.9. The van der Waals surface area contributed by atoms with E-state index in [1.807, 2.05) is 32.0 Å². The second-order valence-electron chi connectivity index (χ2n) is 5.78. The monoisotopic (exact) mass is 361 g/mol. The zero-order valence-electron chi connectivity index (χ0n) is 14.6. The first-order valence-electron chi connectivity index (χ1n) is 7.68. The van der Waals surface area contributed by atoms with Crippen LogP contribution in [-0.2, 0) is 21.4 Å². The fraction of sp³-hybridized carbons (Fsp3) is 0.278. The Labute approximate surface area is 151 Å². The number of carbonyl (C=O) groups is 2. The van der Waals surface area contributed by atoms with Crippen LogP contribution in [-0.4, -0.2) is 28.3 Å². The van der Waals surface area contributed by atoms with E-state index < -0.39 is 11.9 Å². The van der Waals surface area contributed by atoms with Crippen LogP contribution >= 0.6 is 11.6 Å². The van der Waals surface area contributed by atoms with E-state index >= 15 is 0 Å². The summed E-state index contributed by atoms with van der Waals surface area (Å²) in [4.78, 5) is 23.6. The van der Waals surface area contributed by atoms with E-state index in [0.29, 0.717) is 22.1 Å². The van der Waals surface area contributed by atoms with Gasteiger partial charge in [0.2, 0.25) is 0 Å². The zero-order chi connectivity index (χ0) is 18.6. The molecule has 25 heavy (non-hydrogen) atoms. The van der Waals surface area contributed by atoms with Crippen LogP contribution in [0.15, 0.2) is 24.3 Å². The highest BCUT2D eigenvalue weighted by molar-refractivity contribution is 6.31. The predicted octanol–water partition coefficient (Wildman–Crippen LogP) is 3.19. The molecule has 0 fully saturated rings. The van der Waals surface area contributed by atoms with Crippen molar-refractivity contribution in [1.29, 1.82) is 0 Å². The molecule has 1 amide bonds. The SMILES string of the molecule is Cc1cc(C)cc(NC(=O)COC(=O)/C=C/c2c(C)nn(C)c2Cl)c1. The summed E-state index contributed by atoms with van der Waals surface area (Å²) >= 11 is 6.07. The van der Waals surface area contributed by atoms with Gasteiger partial charge in [0.05, 0.1) is 5.69 Å². The Hall–Kier alpha value is -2.60. The first kappa shape index (κ1) is 18.7. The Bertz CT molecular complexity index is 820. The molecule has 2 aromatic rings. The topological polar surface area (TPSA) is 73.2 Å². The number of amides is 1. The molecule has 0 aliphatic heterocycles. The Morgan fingerprint density at radius 2 is 1.88 bits per heavy atom. The summed E-state index contributed by atoms with van der Waals surface area (Å²) in [5.41, 5.74) is 4.09. The number of hydrogen-bond acceptors (Lipinski definition) is 4. The second-order valence-corrected chi connectivity index (χ2v) is 6.14. The van der Waals surface area contributed by atoms with Gasteiger partial charge in [-0.2, -0.15) is 5.10 Å². The summed E-state index contributed by atoms with van der Waals surface area (Å²) in [6, 6.07) is 5.70. The molecule has 1 aromatic heterocycles. The van der Waals surface area contributed by atoms with Crippen molar-refractivity contribution in [2.75, 3.05) is 11.9 Å². The minimum atomic E-state index is -0.630. The molecular weight excluding hydrogens is 342 g/mol. The molecule has 0 unspecified atom stereocenters. The second kappa shape index (κ2) is 7.98. The maximum absolute atomic E-state index is 11.9. The summed E-state index contributed by atoms with van der Waals surface area (Å²) in [7, 11) is 1.71. The highest BCUT2D eigenvalue weighted by Crippen LogP contribution is 2.20. The lowest BCUT2D eigenvalue weighted by Gasteiger charge is -2.07. The molecule has 0 saturated heterocycles. The Morgan fingerprint density at radius 1 is 1.24 bits per heavy atom. The number of carbonyl (C=O) groups excluding carboxylic acids is 2. The van der Waals surface area contributed by atoms with Gasteiger partial charge in [-0.15, -0.1) is 0 Å². The molecule has 132 valence electrons. The number of hydrogen-bond donors (Lipinski definition) is 1. The fourth-order valence-electron chi connectivity index (χ4n) is 2.42. The van der Waals surface area contributed by atoms with Gasteiger partial charge in [-0.05, 0) is 50.1 Å². The average molecular weight is 362 g/mol. The number of esters is 1. The van der Waals surface area contributed by atoms with Gasteiger partial charge in [-0.25, -0.2) is 4.79 Å². The van der Waals surface area contributed by atoms with Crippen LogP contribution in [0, 0.1) is 20.8 Å². The van der Waals surface area contributed by atoms with Gasteiger partial charge in [0.15, 0.2) is 6.61 Å². The van der Waals surface area contributed by atoms with E-state index in [2.05, 4.69) is 10.4 Å². The lowest BCUT2D eigenvalue weighted by atomic mass is 10.1. The van der Waals surface area contributed by atoms with Crippen LogP contribution in [0.1, 0.15) is 22.4 Å². The third-order valence-corrected chi connectivity index (χ3v) is 3.88. The van der Waals surface area contributed by atoms with Crippen LogP contribution < -0.4 is 5.32 Å². The van der Waals surface area contributed by atoms with E-state index in [4.69, 9.17) is 16.3 Å². The van der Waals surface area contributed by atoms with Crippen molar-refractivity contribution < 1.29 is 14.3 Å². The molecule has 1 N–H and O–H groups in total. The highest BCUT2D eigenvalue weighted by atomic mass is 35.5. The van der Waals surface area contributed by atoms with Crippen LogP contribution in [0.25, 0.3) is 6.08 Å². The Kier molecular flexibility index (Phi) is 5.98. The molecule has 0 aliphatic rings. The van der Waals surface area contributed by atoms with Crippen molar-refractivity contribution in [2.45, 2.75) is 20.8 Å². The van der Waals surface area contributed by atoms with E-state index in [1.54, 1.807) is 14.0 Å². The third-order valence-electron chi connectivity index (χ3n) is 3.43. The largest absolute Gasteiger partial charge is 0.452 e. The molecule has 0 spiro atoms. The number of ether oxygens (including phenoxy) is 1. The molecule has 1 aromatic carbocycles. The smallest absolute Gasteiger partial charge is 0.331 e. The molecule has 2 rings (SSSR count). The minimum absolute atomic E-state index is 0.365. The summed E-state index contributed by atoms with van der Waals surface area (Å²) in [5.74, 6) is -1.03. The van der Waals surface area contributed by atoms with Crippen molar-refractivity contribution in [1.82, 2.24) is 9.78 Å². The van der Waals surface area contributed by atoms with Crippen LogP contribution in [0.3, 0.4) is 0 Å². The summed E-state index contributed by atoms with van der Waals surface area (Å²) in [5, 5.41) is 7.27. The van der Waals surface area contributed by atoms with Crippen molar-refractivity contribution in [3.05, 3.63) is 51.8 Å². The van der Waals surface area contributed by atoms with Crippen LogP contribution in [0.4, 0.5) is 5.69 Å². The van der Waals surface area contributed by atoms with Gasteiger partial charge >= 0.3 is 5.97 Å². The first-order valence-corrected chi connectivity index (χ1v) is 8.06. The summed E-state index contributed by atoms with van der Waals surface area (Å²) < 4.78 is 6.45. The van der Waals surface area contributed by atoms with Crippen molar-refractivity contribution in [3.63, 3.8) is 0 Å². The molecule has 0 radical (unpaired) electrons. The van der Waals surface area contributed by atoms with Gasteiger partial charge in [-0.1, -0.05) is 17.7 Å². The number of aromatic nitrogens is 2. The number of nitrogens with one attached hydrogen (secondary N) is 1. The summed E-state index contributed by atoms with van der Waals surface area (Å²) in [6.07, 6.45) is 2.74. The molecule has 6 nitrogen and oxygen atoms in total. The number of benzene rings is 1. The van der Waals surface area contributed by atoms with Gasteiger partial charge in [0.1, 0.15) is 5.15 Å². The normalized spacial score (nSPS) is 10.9. The predicted molar refractivity (Wildman–Crippen MR) is 97.5 cm³/mol. The van der Waals surface area contributed by atoms with Crippen LogP contribution in [0.2, 0.25) is 5.15 Å². The van der Waals surface area contributed by atoms with Crippen molar-refractivity contribution in [2.24, 2.45) is 7.05 Å². The molecule has 1 heterocycles. The minimum Gasteiger partial charge on any atom is -0.452 e. The maximum Gasteiger partial charge on any atom is 0.331 e. The van der Waals surface area contributed by atoms with Gasteiger partial charge in [0, 0.05) is 24.4 Å². The zero-order valence-corrected chi connectivity index (χ0v) is 15.3. The number of anilines is 1. The number of halogens is 1. The number of aryl methyl sites for hydroxylation is 4. The third kappa shape index (κ3) is 5.19. The number of nitrogens with zero attached hydrogens (tertiary/aromatic N) is 2. The molecule has 0 atom stereocenters. The van der Waals surface area contributed by atoms with Crippen molar-refractivity contribution in [3.8, 4) is 0 Å². The quantitative estimate of drug-likeness (QED) is 0.655. The van der Waals surface area contributed by atoms with Crippen molar-refractivity contribution >= 4 is 35.2 Å². The average Bonchev–Trinajstić information content (AvgIpc) is 2.75. The lowest BCUT2D eigenvalue weighted by Crippen LogP contribution is -2.20. The van der Waals surface area contributed by atoms with E-state index in [1.165, 1.54) is 16.8 Å². The van der Waals surface area contributed by atoms with Gasteiger partial charge < -0.3 is 10.1 Å². The first-order chi connectivity index (χ1) is 11.8. The van der Waals surface area contributed by atoms with Crippen LogP contribution in [0.5, 0.6) is 0 Å². The van der Waals surface area contributed by atoms with Gasteiger partial charge in [-0.3, -0.25) is 9.48 Å². The Morgan fingerprint density at radius 3 is 2.44 bits per heavy atom. The number of rotatable bonds is 5. The highest BCUT2D eigenvalue weighted by Gasteiger charge is 2.10. The molecular formula is C18H20ClN3O3. The molecule has 0 aliphatic carbocycles. The fourth-order valence-corrected chi connectivity index (χ4v) is 2.65. The van der Waals surface area contributed by atoms with E-state index in [0.717, 1.165) is 11.1 Å². The molecule has 7 heteroatoms. The molecule has 0 bridgehead atoms. The van der Waals surface area contributed by atoms with Gasteiger partial charge in [0.25, 0.3) is 5.91 Å².